The number of hydrogen-bond donors (Lipinski definition) is 2. The minimum atomic E-state index is -0.365. The van der Waals surface area contributed by atoms with Gasteiger partial charge in [0.25, 0.3) is 5.91 Å². The molecule has 0 unspecified atom stereocenters. The zero-order chi connectivity index (χ0) is 20.9. The zero-order valence-electron chi connectivity index (χ0n) is 16.3. The molecule has 0 fully saturated rings. The summed E-state index contributed by atoms with van der Waals surface area (Å²) in [6.45, 7) is 2.22. The fourth-order valence-electron chi connectivity index (χ4n) is 3.04. The molecule has 3 heterocycles. The van der Waals surface area contributed by atoms with Crippen molar-refractivity contribution in [2.24, 2.45) is 0 Å². The minimum absolute atomic E-state index is 0.0610. The highest BCUT2D eigenvalue weighted by Gasteiger charge is 2.19. The zero-order valence-corrected chi connectivity index (χ0v) is 16.3. The van der Waals surface area contributed by atoms with Crippen molar-refractivity contribution in [3.8, 4) is 17.0 Å². The molecule has 0 saturated carbocycles. The van der Waals surface area contributed by atoms with E-state index in [9.17, 15) is 4.79 Å². The summed E-state index contributed by atoms with van der Waals surface area (Å²) in [6.07, 6.45) is 3.45. The predicted molar refractivity (Wildman–Crippen MR) is 110 cm³/mol. The van der Waals surface area contributed by atoms with Crippen molar-refractivity contribution in [1.29, 1.82) is 0 Å². The lowest BCUT2D eigenvalue weighted by Crippen LogP contribution is -2.17. The molecular weight excluding hydrogens is 384 g/mol. The van der Waals surface area contributed by atoms with E-state index in [0.29, 0.717) is 47.3 Å². The lowest BCUT2D eigenvalue weighted by atomic mass is 10.1. The van der Waals surface area contributed by atoms with Gasteiger partial charge in [-0.25, -0.2) is 19.5 Å². The molecule has 9 heteroatoms. The summed E-state index contributed by atoms with van der Waals surface area (Å²) in [4.78, 5) is 25.2. The Morgan fingerprint density at radius 2 is 2.07 bits per heavy atom. The van der Waals surface area contributed by atoms with Crippen molar-refractivity contribution in [1.82, 2.24) is 24.6 Å². The lowest BCUT2D eigenvalue weighted by molar-refractivity contribution is 0.101. The third kappa shape index (κ3) is 3.96. The summed E-state index contributed by atoms with van der Waals surface area (Å²) in [5.41, 5.74) is 2.85. The van der Waals surface area contributed by atoms with Gasteiger partial charge in [0.2, 0.25) is 0 Å². The van der Waals surface area contributed by atoms with Gasteiger partial charge in [0.05, 0.1) is 18.0 Å². The SMILES string of the molecule is Cc1nc2ccc(-c3ccccc3OCCCO)nn2c1C(=O)Nc1ccncn1. The maximum absolute atomic E-state index is 12.9. The first kappa shape index (κ1) is 19.5. The van der Waals surface area contributed by atoms with Crippen molar-refractivity contribution in [2.75, 3.05) is 18.5 Å². The van der Waals surface area contributed by atoms with Gasteiger partial charge in [-0.15, -0.1) is 0 Å². The highest BCUT2D eigenvalue weighted by atomic mass is 16.5. The smallest absolute Gasteiger partial charge is 0.277 e. The van der Waals surface area contributed by atoms with Crippen molar-refractivity contribution in [3.63, 3.8) is 0 Å². The Morgan fingerprint density at radius 1 is 1.20 bits per heavy atom. The van der Waals surface area contributed by atoms with E-state index in [0.717, 1.165) is 5.56 Å². The van der Waals surface area contributed by atoms with Gasteiger partial charge in [-0.1, -0.05) is 12.1 Å². The Bertz CT molecular complexity index is 1180. The summed E-state index contributed by atoms with van der Waals surface area (Å²) < 4.78 is 7.31. The van der Waals surface area contributed by atoms with E-state index in [1.165, 1.54) is 10.8 Å². The number of rotatable bonds is 7. The first-order valence-corrected chi connectivity index (χ1v) is 9.44. The van der Waals surface area contributed by atoms with E-state index < -0.39 is 0 Å². The van der Waals surface area contributed by atoms with Crippen LogP contribution in [0.15, 0.2) is 55.0 Å². The Balaban J connectivity index is 1.71. The van der Waals surface area contributed by atoms with Gasteiger partial charge in [-0.3, -0.25) is 4.79 Å². The molecule has 0 atom stereocenters. The number of carbonyl (C=O) groups is 1. The van der Waals surface area contributed by atoms with E-state index in [1.807, 2.05) is 30.3 Å². The second-order valence-corrected chi connectivity index (χ2v) is 6.50. The third-order valence-corrected chi connectivity index (χ3v) is 4.41. The van der Waals surface area contributed by atoms with Crippen LogP contribution in [0.3, 0.4) is 0 Å². The van der Waals surface area contributed by atoms with Crippen LogP contribution in [-0.2, 0) is 0 Å². The number of imidazole rings is 1. The highest BCUT2D eigenvalue weighted by Crippen LogP contribution is 2.29. The number of anilines is 1. The van der Waals surface area contributed by atoms with Crippen LogP contribution in [0.1, 0.15) is 22.6 Å². The number of aromatic nitrogens is 5. The summed E-state index contributed by atoms with van der Waals surface area (Å²) in [5.74, 6) is 0.681. The Hall–Kier alpha value is -3.85. The molecule has 4 rings (SSSR count). The number of benzene rings is 1. The molecule has 2 N–H and O–H groups in total. The average molecular weight is 404 g/mol. The normalized spacial score (nSPS) is 10.9. The van der Waals surface area contributed by atoms with Crippen LogP contribution < -0.4 is 10.1 Å². The molecule has 0 spiro atoms. The first-order chi connectivity index (χ1) is 14.7. The van der Waals surface area contributed by atoms with Crippen LogP contribution in [0.4, 0.5) is 5.82 Å². The molecule has 0 aliphatic carbocycles. The summed E-state index contributed by atoms with van der Waals surface area (Å²) in [7, 11) is 0. The number of nitrogens with one attached hydrogen (secondary N) is 1. The van der Waals surface area contributed by atoms with Crippen LogP contribution in [-0.4, -0.2) is 48.8 Å². The lowest BCUT2D eigenvalue weighted by Gasteiger charge is -2.11. The van der Waals surface area contributed by atoms with E-state index in [-0.39, 0.29) is 12.5 Å². The molecule has 0 aliphatic heterocycles. The maximum atomic E-state index is 12.9. The Kier molecular flexibility index (Phi) is 5.62. The monoisotopic (exact) mass is 404 g/mol. The van der Waals surface area contributed by atoms with Gasteiger partial charge in [-0.05, 0) is 37.3 Å². The van der Waals surface area contributed by atoms with Gasteiger partial charge in [0.1, 0.15) is 17.9 Å². The van der Waals surface area contributed by atoms with Crippen molar-refractivity contribution in [2.45, 2.75) is 13.3 Å². The van der Waals surface area contributed by atoms with Gasteiger partial charge < -0.3 is 15.2 Å². The molecule has 30 heavy (non-hydrogen) atoms. The molecule has 0 radical (unpaired) electrons. The molecule has 0 bridgehead atoms. The fraction of sp³-hybridized carbons (Fsp3) is 0.190. The Morgan fingerprint density at radius 3 is 2.87 bits per heavy atom. The number of nitrogens with zero attached hydrogens (tertiary/aromatic N) is 5. The number of aliphatic hydroxyl groups excluding tert-OH is 1. The highest BCUT2D eigenvalue weighted by molar-refractivity contribution is 6.03. The van der Waals surface area contributed by atoms with Crippen LogP contribution in [0.25, 0.3) is 16.9 Å². The molecular formula is C21H20N6O3. The van der Waals surface area contributed by atoms with Gasteiger partial charge in [0.15, 0.2) is 11.3 Å². The van der Waals surface area contributed by atoms with Crippen LogP contribution in [0, 0.1) is 6.92 Å². The maximum Gasteiger partial charge on any atom is 0.277 e. The van der Waals surface area contributed by atoms with E-state index in [4.69, 9.17) is 9.84 Å². The van der Waals surface area contributed by atoms with Crippen LogP contribution in [0.5, 0.6) is 5.75 Å². The number of para-hydroxylation sites is 1. The average Bonchev–Trinajstić information content (AvgIpc) is 3.10. The summed E-state index contributed by atoms with van der Waals surface area (Å²) >= 11 is 0. The number of aryl methyl sites for hydroxylation is 1. The number of ether oxygens (including phenoxy) is 1. The van der Waals surface area contributed by atoms with Crippen LogP contribution in [0.2, 0.25) is 0 Å². The second-order valence-electron chi connectivity index (χ2n) is 6.50. The van der Waals surface area contributed by atoms with Crippen molar-refractivity contribution < 1.29 is 14.6 Å². The van der Waals surface area contributed by atoms with Gasteiger partial charge >= 0.3 is 0 Å². The number of aliphatic hydroxyl groups is 1. The number of hydrogen-bond acceptors (Lipinski definition) is 7. The molecule has 9 nitrogen and oxygen atoms in total. The van der Waals surface area contributed by atoms with Crippen molar-refractivity contribution >= 4 is 17.4 Å². The molecule has 3 aromatic heterocycles. The predicted octanol–water partition coefficient (Wildman–Crippen LogP) is 2.51. The Labute approximate surface area is 172 Å². The summed E-state index contributed by atoms with van der Waals surface area (Å²) in [6, 6.07) is 12.8. The molecule has 0 aliphatic rings. The van der Waals surface area contributed by atoms with E-state index >= 15 is 0 Å². The van der Waals surface area contributed by atoms with Gasteiger partial charge in [0, 0.05) is 24.8 Å². The number of amides is 1. The first-order valence-electron chi connectivity index (χ1n) is 9.44. The van der Waals surface area contributed by atoms with Gasteiger partial charge in [-0.2, -0.15) is 5.10 Å². The number of carbonyl (C=O) groups excluding carboxylic acids is 1. The fourth-order valence-corrected chi connectivity index (χ4v) is 3.04. The van der Waals surface area contributed by atoms with E-state index in [2.05, 4.69) is 25.4 Å². The number of fused-ring (bicyclic) bond motifs is 1. The summed E-state index contributed by atoms with van der Waals surface area (Å²) in [5, 5.41) is 16.4. The van der Waals surface area contributed by atoms with Crippen molar-refractivity contribution in [3.05, 3.63) is 66.4 Å². The van der Waals surface area contributed by atoms with Crippen LogP contribution >= 0.6 is 0 Å². The molecule has 4 aromatic rings. The van der Waals surface area contributed by atoms with E-state index in [1.54, 1.807) is 25.3 Å². The molecule has 1 aromatic carbocycles. The molecule has 0 saturated heterocycles. The largest absolute Gasteiger partial charge is 0.493 e. The third-order valence-electron chi connectivity index (χ3n) is 4.41. The standard InChI is InChI=1S/C21H20N6O3/c1-14-20(21(29)25-18-9-10-22-13-23-18)27-19(24-14)8-7-16(26-27)15-5-2-3-6-17(15)30-12-4-11-28/h2-3,5-10,13,28H,4,11-12H2,1H3,(H,22,23,25,29). The topological polar surface area (TPSA) is 115 Å². The quantitative estimate of drug-likeness (QED) is 0.455. The second kappa shape index (κ2) is 8.66. The molecule has 1 amide bonds. The minimum Gasteiger partial charge on any atom is -0.493 e. The molecule has 152 valence electrons.